The third kappa shape index (κ3) is 3.10. The van der Waals surface area contributed by atoms with Crippen LogP contribution in [0.1, 0.15) is 21.9 Å². The van der Waals surface area contributed by atoms with Crippen LogP contribution in [0.5, 0.6) is 0 Å². The first-order valence-electron chi connectivity index (χ1n) is 8.57. The summed E-state index contributed by atoms with van der Waals surface area (Å²) in [5.74, 6) is 0.399. The lowest BCUT2D eigenvalue weighted by molar-refractivity contribution is 0.0916. The first kappa shape index (κ1) is 16.8. The monoisotopic (exact) mass is 357 g/mol. The van der Waals surface area contributed by atoms with Crippen molar-refractivity contribution in [2.75, 3.05) is 13.2 Å². The van der Waals surface area contributed by atoms with Crippen LogP contribution in [0.2, 0.25) is 0 Å². The van der Waals surface area contributed by atoms with Gasteiger partial charge in [0.1, 0.15) is 17.3 Å². The molecule has 1 fully saturated rings. The first-order valence-corrected chi connectivity index (χ1v) is 8.57. The minimum absolute atomic E-state index is 0.109. The molecule has 6 nitrogen and oxygen atoms in total. The van der Waals surface area contributed by atoms with E-state index in [-0.39, 0.29) is 23.7 Å². The zero-order valence-corrected chi connectivity index (χ0v) is 14.7. The predicted molar refractivity (Wildman–Crippen MR) is 93.4 cm³/mol. The number of amides is 1. The Labute approximate surface area is 149 Å². The van der Waals surface area contributed by atoms with Gasteiger partial charge in [0.05, 0.1) is 24.9 Å². The molecule has 0 aliphatic carbocycles. The molecule has 26 heavy (non-hydrogen) atoms. The van der Waals surface area contributed by atoms with Crippen LogP contribution < -0.4 is 5.32 Å². The highest BCUT2D eigenvalue weighted by Crippen LogP contribution is 2.22. The van der Waals surface area contributed by atoms with Crippen LogP contribution in [0.15, 0.2) is 34.9 Å². The summed E-state index contributed by atoms with van der Waals surface area (Å²) in [6.45, 7) is 2.90. The highest BCUT2D eigenvalue weighted by molar-refractivity contribution is 5.98. The van der Waals surface area contributed by atoms with Crippen LogP contribution in [0.3, 0.4) is 0 Å². The molecule has 1 amide bonds. The van der Waals surface area contributed by atoms with E-state index in [2.05, 4.69) is 10.5 Å². The Balaban J connectivity index is 1.51. The van der Waals surface area contributed by atoms with Gasteiger partial charge in [0.25, 0.3) is 5.91 Å². The van der Waals surface area contributed by atoms with Gasteiger partial charge < -0.3 is 19.1 Å². The van der Waals surface area contributed by atoms with Gasteiger partial charge in [0.15, 0.2) is 0 Å². The van der Waals surface area contributed by atoms with Crippen molar-refractivity contribution < 1.29 is 18.4 Å². The number of rotatable bonds is 4. The third-order valence-electron chi connectivity index (χ3n) is 4.89. The van der Waals surface area contributed by atoms with E-state index in [0.717, 1.165) is 17.0 Å². The molecule has 1 aromatic carbocycles. The number of fused-ring (bicyclic) bond motifs is 1. The number of halogens is 1. The molecule has 1 saturated heterocycles. The number of hydrogen-bond acceptors (Lipinski definition) is 4. The lowest BCUT2D eigenvalue weighted by Crippen LogP contribution is -2.41. The maximum atomic E-state index is 13.4. The molecular formula is C19H20FN3O3. The van der Waals surface area contributed by atoms with Gasteiger partial charge >= 0.3 is 0 Å². The van der Waals surface area contributed by atoms with Crippen molar-refractivity contribution in [3.05, 3.63) is 53.3 Å². The number of aromatic nitrogens is 2. The second-order valence-corrected chi connectivity index (χ2v) is 6.81. The fourth-order valence-electron chi connectivity index (χ4n) is 3.51. The molecule has 0 spiro atoms. The highest BCUT2D eigenvalue weighted by Gasteiger charge is 2.31. The van der Waals surface area contributed by atoms with Crippen molar-refractivity contribution in [3.8, 4) is 0 Å². The molecule has 3 aromatic rings. The van der Waals surface area contributed by atoms with Crippen molar-refractivity contribution in [2.45, 2.75) is 19.4 Å². The fraction of sp³-hybridized carbons (Fsp3) is 0.368. The van der Waals surface area contributed by atoms with E-state index in [4.69, 9.17) is 9.26 Å². The molecule has 4 rings (SSSR count). The summed E-state index contributed by atoms with van der Waals surface area (Å²) in [6, 6.07) is 8.00. The lowest BCUT2D eigenvalue weighted by Gasteiger charge is -2.18. The predicted octanol–water partition coefficient (Wildman–Crippen LogP) is 2.60. The number of nitrogens with one attached hydrogen (secondary N) is 1. The van der Waals surface area contributed by atoms with Crippen LogP contribution in [0, 0.1) is 18.7 Å². The topological polar surface area (TPSA) is 69.3 Å². The average Bonchev–Trinajstić information content (AvgIpc) is 3.29. The Bertz CT molecular complexity index is 962. The summed E-state index contributed by atoms with van der Waals surface area (Å²) < 4.78 is 26.0. The van der Waals surface area contributed by atoms with E-state index in [1.807, 2.05) is 13.0 Å². The number of nitrogens with zero attached hydrogens (tertiary/aromatic N) is 2. The van der Waals surface area contributed by atoms with Gasteiger partial charge in [-0.2, -0.15) is 0 Å². The summed E-state index contributed by atoms with van der Waals surface area (Å²) in [5.41, 5.74) is 2.14. The van der Waals surface area contributed by atoms with Gasteiger partial charge in [-0.25, -0.2) is 4.39 Å². The lowest BCUT2D eigenvalue weighted by atomic mass is 9.98. The van der Waals surface area contributed by atoms with Gasteiger partial charge in [0.2, 0.25) is 0 Å². The summed E-state index contributed by atoms with van der Waals surface area (Å²) in [4.78, 5) is 12.8. The van der Waals surface area contributed by atoms with Gasteiger partial charge in [-0.15, -0.1) is 0 Å². The Morgan fingerprint density at radius 3 is 2.96 bits per heavy atom. The minimum atomic E-state index is -0.318. The van der Waals surface area contributed by atoms with Crippen molar-refractivity contribution in [1.29, 1.82) is 0 Å². The fourth-order valence-corrected chi connectivity index (χ4v) is 3.51. The zero-order valence-electron chi connectivity index (χ0n) is 14.7. The molecule has 1 aliphatic rings. The normalized spacial score (nSPS) is 20.0. The molecule has 0 bridgehead atoms. The average molecular weight is 357 g/mol. The molecule has 1 N–H and O–H groups in total. The summed E-state index contributed by atoms with van der Waals surface area (Å²) >= 11 is 0. The van der Waals surface area contributed by atoms with Crippen molar-refractivity contribution >= 4 is 16.8 Å². The Morgan fingerprint density at radius 1 is 1.35 bits per heavy atom. The zero-order chi connectivity index (χ0) is 18.3. The Kier molecular flexibility index (Phi) is 4.24. The number of benzene rings is 1. The molecule has 7 heteroatoms. The van der Waals surface area contributed by atoms with Crippen molar-refractivity contribution in [2.24, 2.45) is 13.0 Å². The van der Waals surface area contributed by atoms with Crippen molar-refractivity contribution in [1.82, 2.24) is 15.0 Å². The van der Waals surface area contributed by atoms with Gasteiger partial charge in [-0.05, 0) is 31.2 Å². The molecule has 0 saturated carbocycles. The Hall–Kier alpha value is -2.67. The number of carbonyl (C=O) groups excluding carboxylic acids is 1. The summed E-state index contributed by atoms with van der Waals surface area (Å²) in [5, 5.41) is 7.65. The Morgan fingerprint density at radius 2 is 2.19 bits per heavy atom. The molecule has 2 atom stereocenters. The molecule has 1 aliphatic heterocycles. The summed E-state index contributed by atoms with van der Waals surface area (Å²) in [6.07, 6.45) is 0.659. The van der Waals surface area contributed by atoms with E-state index < -0.39 is 0 Å². The number of aryl methyl sites for hydroxylation is 2. The quantitative estimate of drug-likeness (QED) is 0.779. The van der Waals surface area contributed by atoms with Crippen LogP contribution >= 0.6 is 0 Å². The molecule has 3 heterocycles. The van der Waals surface area contributed by atoms with E-state index in [9.17, 15) is 9.18 Å². The summed E-state index contributed by atoms with van der Waals surface area (Å²) in [7, 11) is 1.80. The standard InChI is InChI=1S/C19H20FN3O3/c1-11-5-15(26-22-11)7-13-9-25-10-16(13)21-19(24)18-8-12-6-14(20)3-4-17(12)23(18)2/h3-6,8,13,16H,7,9-10H2,1-2H3,(H,21,24)/t13-,16+/m1/s1. The van der Waals surface area contributed by atoms with E-state index in [1.54, 1.807) is 23.7 Å². The van der Waals surface area contributed by atoms with E-state index >= 15 is 0 Å². The molecule has 0 unspecified atom stereocenters. The molecule has 0 radical (unpaired) electrons. The van der Waals surface area contributed by atoms with E-state index in [0.29, 0.717) is 30.7 Å². The van der Waals surface area contributed by atoms with Gasteiger partial charge in [-0.1, -0.05) is 5.16 Å². The van der Waals surface area contributed by atoms with Crippen molar-refractivity contribution in [3.63, 3.8) is 0 Å². The molecule has 2 aromatic heterocycles. The van der Waals surface area contributed by atoms with Crippen LogP contribution in [0.25, 0.3) is 10.9 Å². The SMILES string of the molecule is Cc1cc(C[C@@H]2COC[C@@H]2NC(=O)c2cc3cc(F)ccc3n2C)on1. The van der Waals surface area contributed by atoms with Crippen LogP contribution in [-0.2, 0) is 18.2 Å². The van der Waals surface area contributed by atoms with Gasteiger partial charge in [-0.3, -0.25) is 4.79 Å². The third-order valence-corrected chi connectivity index (χ3v) is 4.89. The minimum Gasteiger partial charge on any atom is -0.379 e. The second-order valence-electron chi connectivity index (χ2n) is 6.81. The molecule has 136 valence electrons. The molecular weight excluding hydrogens is 337 g/mol. The number of carbonyl (C=O) groups is 1. The maximum absolute atomic E-state index is 13.4. The van der Waals surface area contributed by atoms with E-state index in [1.165, 1.54) is 12.1 Å². The maximum Gasteiger partial charge on any atom is 0.268 e. The first-order chi connectivity index (χ1) is 12.5. The smallest absolute Gasteiger partial charge is 0.268 e. The number of hydrogen-bond donors (Lipinski definition) is 1. The second kappa shape index (κ2) is 6.57. The highest BCUT2D eigenvalue weighted by atomic mass is 19.1. The van der Waals surface area contributed by atoms with Crippen LogP contribution in [0.4, 0.5) is 4.39 Å². The van der Waals surface area contributed by atoms with Crippen LogP contribution in [-0.4, -0.2) is 34.9 Å². The largest absolute Gasteiger partial charge is 0.379 e. The number of ether oxygens (including phenoxy) is 1. The van der Waals surface area contributed by atoms with Gasteiger partial charge in [0, 0.05) is 36.4 Å².